The summed E-state index contributed by atoms with van der Waals surface area (Å²) in [5, 5.41) is 0. The molecule has 2 aromatic carbocycles. The van der Waals surface area contributed by atoms with Crippen molar-refractivity contribution in [2.45, 2.75) is 32.9 Å². The van der Waals surface area contributed by atoms with Gasteiger partial charge in [0.15, 0.2) is 0 Å². The molecule has 0 unspecified atom stereocenters. The van der Waals surface area contributed by atoms with Crippen molar-refractivity contribution in [3.05, 3.63) is 68.5 Å². The van der Waals surface area contributed by atoms with Crippen molar-refractivity contribution >= 4 is 28.2 Å². The summed E-state index contributed by atoms with van der Waals surface area (Å²) < 4.78 is 23.8. The first-order valence-electron chi connectivity index (χ1n) is 12.5. The highest BCUT2D eigenvalue weighted by Gasteiger charge is 2.22. The molecule has 0 bridgehead atoms. The Hall–Kier alpha value is -4.11. The van der Waals surface area contributed by atoms with Gasteiger partial charge >= 0.3 is 17.5 Å². The van der Waals surface area contributed by atoms with Crippen LogP contribution in [0.1, 0.15) is 31.9 Å². The van der Waals surface area contributed by atoms with Crippen LogP contribution in [0.25, 0.3) is 22.1 Å². The molecule has 0 saturated carbocycles. The molecule has 0 aliphatic heterocycles. The lowest BCUT2D eigenvalue weighted by molar-refractivity contribution is 0.0231. The Kier molecular flexibility index (Phi) is 8.71. The van der Waals surface area contributed by atoms with Crippen LogP contribution in [0.4, 0.5) is 4.79 Å². The molecule has 11 heteroatoms. The average molecular weight is 537 g/mol. The van der Waals surface area contributed by atoms with Crippen molar-refractivity contribution in [2.75, 3.05) is 40.1 Å². The first-order valence-corrected chi connectivity index (χ1v) is 12.5. The molecule has 0 atom stereocenters. The van der Waals surface area contributed by atoms with Crippen LogP contribution in [0.15, 0.2) is 46.0 Å². The van der Waals surface area contributed by atoms with Gasteiger partial charge in [0, 0.05) is 7.11 Å². The van der Waals surface area contributed by atoms with E-state index in [4.69, 9.17) is 18.9 Å². The van der Waals surface area contributed by atoms with Gasteiger partial charge in [-0.3, -0.25) is 4.57 Å². The second-order valence-corrected chi connectivity index (χ2v) is 9.69. The third-order valence-corrected chi connectivity index (χ3v) is 5.70. The lowest BCUT2D eigenvalue weighted by Crippen LogP contribution is -2.32. The van der Waals surface area contributed by atoms with E-state index in [0.717, 1.165) is 4.57 Å². The van der Waals surface area contributed by atoms with Crippen molar-refractivity contribution in [3.8, 4) is 11.8 Å². The van der Waals surface area contributed by atoms with Crippen LogP contribution < -0.4 is 11.4 Å². The number of para-hydroxylation sites is 2. The Bertz CT molecular complexity index is 1640. The van der Waals surface area contributed by atoms with Crippen LogP contribution in [-0.4, -0.2) is 70.9 Å². The number of methoxy groups -OCH3 is 1. The lowest BCUT2D eigenvalue weighted by Gasteiger charge is -2.19. The summed E-state index contributed by atoms with van der Waals surface area (Å²) in [5.74, 6) is 6.16. The van der Waals surface area contributed by atoms with Crippen molar-refractivity contribution < 1.29 is 23.7 Å². The minimum Gasteiger partial charge on any atom is -0.443 e. The molecule has 0 fully saturated rings. The number of rotatable bonds is 9. The standard InChI is InChI=1S/C28H32N4O7/c1-28(2,3)39-27(35)32-22-10-6-8-20(24(22)30-26(32)34)12-11-19-7-5-9-21-23(19)29-25(33)31(21)13-14-37-17-18-38-16-15-36-4/h5-10H,13-18H2,1-4H3,(H,29,33)(H,30,34). The Balaban J connectivity index is 1.55. The van der Waals surface area contributed by atoms with Crippen LogP contribution in [0.5, 0.6) is 0 Å². The highest BCUT2D eigenvalue weighted by Crippen LogP contribution is 2.18. The van der Waals surface area contributed by atoms with Crippen LogP contribution in [0, 0.1) is 11.8 Å². The number of benzene rings is 2. The highest BCUT2D eigenvalue weighted by molar-refractivity contribution is 5.90. The Labute approximate surface area is 224 Å². The molecule has 2 N–H and O–H groups in total. The van der Waals surface area contributed by atoms with Crippen molar-refractivity contribution in [1.82, 2.24) is 19.1 Å². The number of hydrogen-bond acceptors (Lipinski definition) is 7. The fourth-order valence-corrected chi connectivity index (χ4v) is 3.98. The van der Waals surface area contributed by atoms with Gasteiger partial charge in [0.25, 0.3) is 0 Å². The largest absolute Gasteiger partial charge is 0.443 e. The third kappa shape index (κ3) is 6.67. The predicted octanol–water partition coefficient (Wildman–Crippen LogP) is 2.84. The van der Waals surface area contributed by atoms with E-state index in [0.29, 0.717) is 72.8 Å². The lowest BCUT2D eigenvalue weighted by atomic mass is 10.1. The quantitative estimate of drug-likeness (QED) is 0.249. The highest BCUT2D eigenvalue weighted by atomic mass is 16.6. The number of carbonyl (C=O) groups excluding carboxylic acids is 1. The average Bonchev–Trinajstić information content (AvgIpc) is 3.39. The van der Waals surface area contributed by atoms with E-state index >= 15 is 0 Å². The number of nitrogens with zero attached hydrogens (tertiary/aromatic N) is 2. The van der Waals surface area contributed by atoms with Gasteiger partial charge in [0.2, 0.25) is 0 Å². The van der Waals surface area contributed by atoms with E-state index in [9.17, 15) is 14.4 Å². The van der Waals surface area contributed by atoms with Crippen molar-refractivity contribution in [1.29, 1.82) is 0 Å². The third-order valence-electron chi connectivity index (χ3n) is 5.70. The van der Waals surface area contributed by atoms with Gasteiger partial charge in [-0.15, -0.1) is 0 Å². The normalized spacial score (nSPS) is 11.6. The number of aromatic nitrogens is 4. The first-order chi connectivity index (χ1) is 18.7. The smallest absolute Gasteiger partial charge is 0.423 e. The SMILES string of the molecule is COCCOCCOCCn1c(=O)[nH]c2c(C#Cc3cccc4c3[nH]c(=O)n4C(=O)OC(C)(C)C)cccc21. The molecule has 206 valence electrons. The minimum atomic E-state index is -0.768. The first kappa shape index (κ1) is 27.9. The van der Waals surface area contributed by atoms with Crippen LogP contribution >= 0.6 is 0 Å². The maximum absolute atomic E-state index is 12.7. The van der Waals surface area contributed by atoms with E-state index in [1.807, 2.05) is 12.1 Å². The van der Waals surface area contributed by atoms with E-state index in [2.05, 4.69) is 21.8 Å². The maximum Gasteiger partial charge on any atom is 0.423 e. The molecule has 2 heterocycles. The summed E-state index contributed by atoms with van der Waals surface area (Å²) in [6, 6.07) is 10.6. The Morgan fingerprint density at radius 1 is 0.821 bits per heavy atom. The van der Waals surface area contributed by atoms with Gasteiger partial charge in [-0.1, -0.05) is 24.0 Å². The summed E-state index contributed by atoms with van der Waals surface area (Å²) in [6.07, 6.45) is -0.768. The maximum atomic E-state index is 12.7. The molecule has 0 radical (unpaired) electrons. The zero-order valence-electron chi connectivity index (χ0n) is 22.5. The minimum absolute atomic E-state index is 0.264. The van der Waals surface area contributed by atoms with Crippen molar-refractivity contribution in [2.24, 2.45) is 0 Å². The molecule has 4 rings (SSSR count). The molecular weight excluding hydrogens is 504 g/mol. The van der Waals surface area contributed by atoms with Gasteiger partial charge in [0.1, 0.15) is 5.60 Å². The number of carbonyl (C=O) groups is 1. The van der Waals surface area contributed by atoms with Gasteiger partial charge in [-0.2, -0.15) is 4.57 Å². The molecule has 39 heavy (non-hydrogen) atoms. The summed E-state index contributed by atoms with van der Waals surface area (Å²) in [4.78, 5) is 43.5. The van der Waals surface area contributed by atoms with E-state index in [1.54, 1.807) is 56.7 Å². The number of hydrogen-bond donors (Lipinski definition) is 2. The summed E-state index contributed by atoms with van der Waals surface area (Å²) >= 11 is 0. The van der Waals surface area contributed by atoms with Gasteiger partial charge in [0.05, 0.1) is 72.8 Å². The molecule has 0 spiro atoms. The van der Waals surface area contributed by atoms with E-state index in [-0.39, 0.29) is 5.69 Å². The number of nitrogens with one attached hydrogen (secondary N) is 2. The van der Waals surface area contributed by atoms with Crippen LogP contribution in [-0.2, 0) is 25.5 Å². The monoisotopic (exact) mass is 536 g/mol. The van der Waals surface area contributed by atoms with Gasteiger partial charge in [-0.05, 0) is 45.0 Å². The fourth-order valence-electron chi connectivity index (χ4n) is 3.98. The van der Waals surface area contributed by atoms with Gasteiger partial charge < -0.3 is 28.9 Å². The topological polar surface area (TPSA) is 130 Å². The number of fused-ring (bicyclic) bond motifs is 2. The molecule has 0 saturated heterocycles. The zero-order chi connectivity index (χ0) is 28.0. The fraction of sp³-hybridized carbons (Fsp3) is 0.393. The number of imidazole rings is 2. The van der Waals surface area contributed by atoms with E-state index in [1.165, 1.54) is 0 Å². The number of aromatic amines is 2. The van der Waals surface area contributed by atoms with Crippen LogP contribution in [0.3, 0.4) is 0 Å². The molecule has 2 aromatic heterocycles. The predicted molar refractivity (Wildman–Crippen MR) is 146 cm³/mol. The van der Waals surface area contributed by atoms with Crippen molar-refractivity contribution in [3.63, 3.8) is 0 Å². The summed E-state index contributed by atoms with van der Waals surface area (Å²) in [7, 11) is 1.62. The summed E-state index contributed by atoms with van der Waals surface area (Å²) in [5.41, 5.74) is 1.59. The molecular formula is C28H32N4O7. The Morgan fingerprint density at radius 2 is 1.38 bits per heavy atom. The van der Waals surface area contributed by atoms with Gasteiger partial charge in [-0.25, -0.2) is 14.4 Å². The molecule has 0 aliphatic rings. The summed E-state index contributed by atoms with van der Waals surface area (Å²) in [6.45, 7) is 7.81. The number of ether oxygens (including phenoxy) is 4. The van der Waals surface area contributed by atoms with Crippen LogP contribution in [0.2, 0.25) is 0 Å². The molecule has 4 aromatic rings. The molecule has 0 aliphatic carbocycles. The number of H-pyrrole nitrogens is 2. The molecule has 11 nitrogen and oxygen atoms in total. The van der Waals surface area contributed by atoms with E-state index < -0.39 is 17.4 Å². The second kappa shape index (κ2) is 12.2. The zero-order valence-corrected chi connectivity index (χ0v) is 22.5. The second-order valence-electron chi connectivity index (χ2n) is 9.69. The Morgan fingerprint density at radius 3 is 2.03 bits per heavy atom. The molecule has 0 amide bonds.